The minimum Gasteiger partial charge on any atom is -0.480 e. The molecule has 0 fully saturated rings. The molecule has 0 aromatic heterocycles. The van der Waals surface area contributed by atoms with Gasteiger partial charge in [-0.15, -0.1) is 0 Å². The molecule has 0 bridgehead atoms. The molecular formula is C12H17NO4. The number of aliphatic hydroxyl groups excluding tert-OH is 1. The maximum absolute atomic E-state index is 10.9. The van der Waals surface area contributed by atoms with Crippen LogP contribution in [0.1, 0.15) is 11.6 Å². The lowest BCUT2D eigenvalue weighted by Crippen LogP contribution is -2.43. The van der Waals surface area contributed by atoms with Crippen molar-refractivity contribution in [3.63, 3.8) is 0 Å². The van der Waals surface area contributed by atoms with E-state index in [4.69, 9.17) is 9.84 Å². The Labute approximate surface area is 100 Å². The number of nitrogens with one attached hydrogen (secondary N) is 1. The summed E-state index contributed by atoms with van der Waals surface area (Å²) in [6.07, 6.45) is 0. The molecule has 0 heterocycles. The Bertz CT molecular complexity index is 342. The second kappa shape index (κ2) is 7.01. The van der Waals surface area contributed by atoms with Gasteiger partial charge in [-0.2, -0.15) is 0 Å². The van der Waals surface area contributed by atoms with Crippen LogP contribution in [0.5, 0.6) is 0 Å². The first-order valence-corrected chi connectivity index (χ1v) is 5.32. The van der Waals surface area contributed by atoms with E-state index in [1.807, 2.05) is 30.3 Å². The van der Waals surface area contributed by atoms with Gasteiger partial charge in [-0.1, -0.05) is 30.3 Å². The van der Waals surface area contributed by atoms with Crippen molar-refractivity contribution in [3.8, 4) is 0 Å². The minimum absolute atomic E-state index is 0.0542. The molecule has 0 aliphatic carbocycles. The number of hydrogen-bond donors (Lipinski definition) is 3. The summed E-state index contributed by atoms with van der Waals surface area (Å²) in [4.78, 5) is 10.9. The van der Waals surface area contributed by atoms with Crippen molar-refractivity contribution in [1.29, 1.82) is 0 Å². The van der Waals surface area contributed by atoms with Gasteiger partial charge in [0.05, 0.1) is 19.3 Å². The van der Waals surface area contributed by atoms with Crippen LogP contribution in [0.3, 0.4) is 0 Å². The minimum atomic E-state index is -0.999. The Morgan fingerprint density at radius 2 is 2.06 bits per heavy atom. The van der Waals surface area contributed by atoms with Crippen LogP contribution in [0, 0.1) is 0 Å². The van der Waals surface area contributed by atoms with Crippen LogP contribution in [-0.2, 0) is 9.53 Å². The molecule has 0 amide bonds. The number of rotatable bonds is 7. The Kier molecular flexibility index (Phi) is 5.62. The highest BCUT2D eigenvalue weighted by Crippen LogP contribution is 2.12. The summed E-state index contributed by atoms with van der Waals surface area (Å²) in [6, 6.07) is 7.96. The molecule has 0 saturated carbocycles. The van der Waals surface area contributed by atoms with Crippen molar-refractivity contribution in [2.75, 3.05) is 20.3 Å². The van der Waals surface area contributed by atoms with E-state index in [0.29, 0.717) is 0 Å². The molecule has 5 nitrogen and oxygen atoms in total. The number of methoxy groups -OCH3 is 1. The normalized spacial score (nSPS) is 14.2. The van der Waals surface area contributed by atoms with E-state index >= 15 is 0 Å². The van der Waals surface area contributed by atoms with Gasteiger partial charge in [0.15, 0.2) is 0 Å². The van der Waals surface area contributed by atoms with Gasteiger partial charge in [0.2, 0.25) is 0 Å². The van der Waals surface area contributed by atoms with Gasteiger partial charge in [-0.25, -0.2) is 0 Å². The number of benzene rings is 1. The molecule has 0 radical (unpaired) electrons. The molecule has 1 aromatic carbocycles. The molecule has 1 rings (SSSR count). The van der Waals surface area contributed by atoms with E-state index in [0.717, 1.165) is 5.56 Å². The summed E-state index contributed by atoms with van der Waals surface area (Å²) >= 11 is 0. The van der Waals surface area contributed by atoms with Crippen molar-refractivity contribution in [2.24, 2.45) is 0 Å². The second-order valence-corrected chi connectivity index (χ2v) is 3.66. The summed E-state index contributed by atoms with van der Waals surface area (Å²) in [5.74, 6) is -0.999. The summed E-state index contributed by atoms with van der Waals surface area (Å²) in [5.41, 5.74) is 0.845. The van der Waals surface area contributed by atoms with Gasteiger partial charge in [-0.3, -0.25) is 10.1 Å². The van der Waals surface area contributed by atoms with Gasteiger partial charge in [0.1, 0.15) is 6.04 Å². The summed E-state index contributed by atoms with van der Waals surface area (Å²) < 4.78 is 4.82. The highest BCUT2D eigenvalue weighted by molar-refractivity contribution is 5.73. The Morgan fingerprint density at radius 3 is 2.53 bits per heavy atom. The SMILES string of the molecule is COCC(NC(CO)c1ccccc1)C(=O)O. The van der Waals surface area contributed by atoms with Gasteiger partial charge >= 0.3 is 5.97 Å². The van der Waals surface area contributed by atoms with Crippen molar-refractivity contribution in [3.05, 3.63) is 35.9 Å². The number of aliphatic carboxylic acids is 1. The van der Waals surface area contributed by atoms with Gasteiger partial charge < -0.3 is 14.9 Å². The quantitative estimate of drug-likeness (QED) is 0.642. The number of carboxylic acid groups (broad SMARTS) is 1. The molecule has 1 aromatic rings. The Morgan fingerprint density at radius 1 is 1.41 bits per heavy atom. The topological polar surface area (TPSA) is 78.8 Å². The van der Waals surface area contributed by atoms with Crippen molar-refractivity contribution in [2.45, 2.75) is 12.1 Å². The van der Waals surface area contributed by atoms with Crippen LogP contribution >= 0.6 is 0 Å². The zero-order chi connectivity index (χ0) is 12.7. The summed E-state index contributed by atoms with van der Waals surface area (Å²) in [5, 5.41) is 21.1. The molecule has 94 valence electrons. The standard InChI is InChI=1S/C12H17NO4/c1-17-8-11(12(15)16)13-10(7-14)9-5-3-2-4-6-9/h2-6,10-11,13-14H,7-8H2,1H3,(H,15,16). The van der Waals surface area contributed by atoms with E-state index in [2.05, 4.69) is 5.32 Å². The zero-order valence-corrected chi connectivity index (χ0v) is 9.67. The highest BCUT2D eigenvalue weighted by Gasteiger charge is 2.21. The van der Waals surface area contributed by atoms with Crippen LogP contribution in [-0.4, -0.2) is 42.5 Å². The maximum Gasteiger partial charge on any atom is 0.323 e. The third kappa shape index (κ3) is 4.14. The molecule has 0 saturated heterocycles. The van der Waals surface area contributed by atoms with E-state index in [-0.39, 0.29) is 13.2 Å². The van der Waals surface area contributed by atoms with Crippen LogP contribution in [0.4, 0.5) is 0 Å². The number of carboxylic acids is 1. The zero-order valence-electron chi connectivity index (χ0n) is 9.67. The number of aliphatic hydroxyl groups is 1. The maximum atomic E-state index is 10.9. The molecule has 2 atom stereocenters. The van der Waals surface area contributed by atoms with Crippen LogP contribution in [0.25, 0.3) is 0 Å². The molecule has 17 heavy (non-hydrogen) atoms. The molecular weight excluding hydrogens is 222 g/mol. The van der Waals surface area contributed by atoms with Crippen LogP contribution in [0.2, 0.25) is 0 Å². The highest BCUT2D eigenvalue weighted by atomic mass is 16.5. The van der Waals surface area contributed by atoms with E-state index in [1.54, 1.807) is 0 Å². The smallest absolute Gasteiger partial charge is 0.323 e. The van der Waals surface area contributed by atoms with Crippen molar-refractivity contribution < 1.29 is 19.7 Å². The average Bonchev–Trinajstić information content (AvgIpc) is 2.35. The van der Waals surface area contributed by atoms with Crippen molar-refractivity contribution in [1.82, 2.24) is 5.32 Å². The molecule has 0 spiro atoms. The van der Waals surface area contributed by atoms with E-state index in [1.165, 1.54) is 7.11 Å². The lowest BCUT2D eigenvalue weighted by atomic mass is 10.1. The molecule has 0 aliphatic heterocycles. The first kappa shape index (κ1) is 13.6. The molecule has 5 heteroatoms. The van der Waals surface area contributed by atoms with E-state index < -0.39 is 18.1 Å². The predicted molar refractivity (Wildman–Crippen MR) is 62.7 cm³/mol. The van der Waals surface area contributed by atoms with Crippen LogP contribution in [0.15, 0.2) is 30.3 Å². The monoisotopic (exact) mass is 239 g/mol. The van der Waals surface area contributed by atoms with Gasteiger partial charge in [0, 0.05) is 7.11 Å². The third-order valence-corrected chi connectivity index (χ3v) is 2.42. The summed E-state index contributed by atoms with van der Waals surface area (Å²) in [6.45, 7) is -0.115. The molecule has 0 aliphatic rings. The number of ether oxygens (including phenoxy) is 1. The Balaban J connectivity index is 2.71. The lowest BCUT2D eigenvalue weighted by Gasteiger charge is -2.21. The first-order valence-electron chi connectivity index (χ1n) is 5.32. The van der Waals surface area contributed by atoms with Crippen LogP contribution < -0.4 is 5.32 Å². The fraction of sp³-hybridized carbons (Fsp3) is 0.417. The predicted octanol–water partition coefficient (Wildman–Crippen LogP) is 0.409. The molecule has 3 N–H and O–H groups in total. The molecule has 2 unspecified atom stereocenters. The number of hydrogen-bond acceptors (Lipinski definition) is 4. The van der Waals surface area contributed by atoms with Crippen molar-refractivity contribution >= 4 is 5.97 Å². The average molecular weight is 239 g/mol. The van der Waals surface area contributed by atoms with Gasteiger partial charge in [-0.05, 0) is 5.56 Å². The Hall–Kier alpha value is -1.43. The fourth-order valence-corrected chi connectivity index (χ4v) is 1.54. The van der Waals surface area contributed by atoms with E-state index in [9.17, 15) is 9.90 Å². The second-order valence-electron chi connectivity index (χ2n) is 3.66. The van der Waals surface area contributed by atoms with Gasteiger partial charge in [0.25, 0.3) is 0 Å². The largest absolute Gasteiger partial charge is 0.480 e. The third-order valence-electron chi connectivity index (χ3n) is 2.42. The summed E-state index contributed by atoms with van der Waals surface area (Å²) in [7, 11) is 1.44. The lowest BCUT2D eigenvalue weighted by molar-refractivity contribution is -0.141. The fourth-order valence-electron chi connectivity index (χ4n) is 1.54. The first-order chi connectivity index (χ1) is 8.19. The number of carbonyl (C=O) groups is 1.